The van der Waals surface area contributed by atoms with E-state index in [1.807, 2.05) is 44.2 Å². The number of anilines is 1. The molecule has 0 spiro atoms. The van der Waals surface area contributed by atoms with Crippen molar-refractivity contribution in [3.63, 3.8) is 0 Å². The molecule has 1 amide bonds. The molecule has 6 rings (SSSR count). The first-order valence-corrected chi connectivity index (χ1v) is 14.4. The number of benzene rings is 1. The summed E-state index contributed by atoms with van der Waals surface area (Å²) in [6, 6.07) is 6.79. The van der Waals surface area contributed by atoms with Gasteiger partial charge in [0.05, 0.1) is 23.1 Å². The smallest absolute Gasteiger partial charge is 0.350 e. The fourth-order valence-electron chi connectivity index (χ4n) is 5.95. The third kappa shape index (κ3) is 4.61. The first-order chi connectivity index (χ1) is 21.0. The second-order valence-electron chi connectivity index (χ2n) is 11.4. The Morgan fingerprint density at radius 3 is 2.52 bits per heavy atom. The number of aryl methyl sites for hydroxylation is 2. The third-order valence-corrected chi connectivity index (χ3v) is 8.17. The number of fused-ring (bicyclic) bond motifs is 2. The van der Waals surface area contributed by atoms with E-state index in [1.54, 1.807) is 17.3 Å². The van der Waals surface area contributed by atoms with Gasteiger partial charge in [-0.15, -0.1) is 0 Å². The predicted octanol–water partition coefficient (Wildman–Crippen LogP) is 4.66. The van der Waals surface area contributed by atoms with Crippen LogP contribution in [-0.4, -0.2) is 65.6 Å². The lowest BCUT2D eigenvalue weighted by Gasteiger charge is -2.40. The van der Waals surface area contributed by atoms with Crippen LogP contribution < -0.4 is 10.6 Å². The minimum Gasteiger partial charge on any atom is -0.350 e. The molecule has 12 heteroatoms. The minimum absolute atomic E-state index is 0.0340. The van der Waals surface area contributed by atoms with Crippen LogP contribution in [0.15, 0.2) is 54.1 Å². The Bertz CT molecular complexity index is 2030. The summed E-state index contributed by atoms with van der Waals surface area (Å²) < 4.78 is 34.0. The van der Waals surface area contributed by atoms with Gasteiger partial charge in [-0.25, -0.2) is 33.1 Å². The number of nitrogens with zero attached hydrogens (tertiary/aromatic N) is 8. The van der Waals surface area contributed by atoms with Gasteiger partial charge in [0, 0.05) is 43.9 Å². The van der Waals surface area contributed by atoms with Crippen LogP contribution >= 0.6 is 0 Å². The quantitative estimate of drug-likeness (QED) is 0.271. The van der Waals surface area contributed by atoms with Crippen molar-refractivity contribution in [1.29, 1.82) is 0 Å². The zero-order valence-corrected chi connectivity index (χ0v) is 25.2. The molecule has 0 unspecified atom stereocenters. The van der Waals surface area contributed by atoms with Crippen molar-refractivity contribution < 1.29 is 13.6 Å². The molecule has 1 saturated heterocycles. The Morgan fingerprint density at radius 1 is 1.09 bits per heavy atom. The number of aromatic nitrogens is 6. The largest absolute Gasteiger partial charge is 0.355 e. The summed E-state index contributed by atoms with van der Waals surface area (Å²) in [5.74, 6) is -1.48. The molecule has 0 N–H and O–H groups in total. The van der Waals surface area contributed by atoms with E-state index >= 15 is 4.39 Å². The van der Waals surface area contributed by atoms with E-state index in [4.69, 9.17) is 4.98 Å². The van der Waals surface area contributed by atoms with Crippen LogP contribution in [0, 0.1) is 18.6 Å². The van der Waals surface area contributed by atoms with Crippen molar-refractivity contribution in [2.45, 2.75) is 39.7 Å². The van der Waals surface area contributed by atoms with Gasteiger partial charge in [-0.2, -0.15) is 4.98 Å². The highest BCUT2D eigenvalue weighted by Gasteiger charge is 2.31. The van der Waals surface area contributed by atoms with E-state index in [0.717, 1.165) is 0 Å². The summed E-state index contributed by atoms with van der Waals surface area (Å²) in [5.41, 5.74) is 2.20. The Labute approximate surface area is 252 Å². The van der Waals surface area contributed by atoms with Crippen molar-refractivity contribution in [3.8, 4) is 16.9 Å². The van der Waals surface area contributed by atoms with Crippen molar-refractivity contribution >= 4 is 33.9 Å². The molecule has 44 heavy (non-hydrogen) atoms. The van der Waals surface area contributed by atoms with Gasteiger partial charge < -0.3 is 14.4 Å². The van der Waals surface area contributed by atoms with Gasteiger partial charge in [-0.3, -0.25) is 4.79 Å². The Morgan fingerprint density at radius 2 is 1.84 bits per heavy atom. The van der Waals surface area contributed by atoms with Gasteiger partial charge in [0.15, 0.2) is 11.3 Å². The van der Waals surface area contributed by atoms with Crippen LogP contribution in [0.25, 0.3) is 39.1 Å². The number of amides is 1. The summed E-state index contributed by atoms with van der Waals surface area (Å²) in [4.78, 5) is 48.6. The summed E-state index contributed by atoms with van der Waals surface area (Å²) in [6.45, 7) is 12.3. The number of imidazole rings is 1. The van der Waals surface area contributed by atoms with Crippen molar-refractivity contribution in [1.82, 2.24) is 34.0 Å². The molecule has 1 aromatic carbocycles. The standard InChI is InChI=1S/C32H32F2N8O2/c1-7-24(43)40-12-13-41(18(4)15-40)29-21-14-23(34)27(20-10-8-9-11-22(20)33)37-30(21)42(32(44)38-29)28-19(5)26-31(39(6)16-35-26)36-25(28)17(2)3/h7-11,14,16-18H,1,12-13,15H2,2-6H3/t18-/m0/s1. The normalized spacial score (nSPS) is 15.5. The van der Waals surface area contributed by atoms with E-state index in [-0.39, 0.29) is 46.0 Å². The average Bonchev–Trinajstić information content (AvgIpc) is 3.37. The average molecular weight is 599 g/mol. The van der Waals surface area contributed by atoms with Gasteiger partial charge >= 0.3 is 5.69 Å². The molecule has 10 nitrogen and oxygen atoms in total. The lowest BCUT2D eigenvalue weighted by Crippen LogP contribution is -2.54. The van der Waals surface area contributed by atoms with Crippen molar-refractivity contribution in [2.75, 3.05) is 24.5 Å². The number of carbonyl (C=O) groups excluding carboxylic acids is 1. The molecule has 0 aliphatic carbocycles. The minimum atomic E-state index is -0.761. The molecule has 0 saturated carbocycles. The molecule has 4 aromatic heterocycles. The van der Waals surface area contributed by atoms with Crippen molar-refractivity contribution in [3.05, 3.63) is 82.7 Å². The Hall–Kier alpha value is -5.00. The van der Waals surface area contributed by atoms with Crippen LogP contribution in [0.1, 0.15) is 37.9 Å². The van der Waals surface area contributed by atoms with Crippen LogP contribution in [-0.2, 0) is 11.8 Å². The lowest BCUT2D eigenvalue weighted by molar-refractivity contribution is -0.126. The molecular weight excluding hydrogens is 566 g/mol. The number of piperazine rings is 1. The maximum absolute atomic E-state index is 15.9. The van der Waals surface area contributed by atoms with E-state index in [9.17, 15) is 14.0 Å². The SMILES string of the molecule is C=CC(=O)N1CCN(c2nc(=O)n(-c3c(C(C)C)nc4c(ncn4C)c3C)c3nc(-c4ccccc4F)c(F)cc23)[C@@H](C)C1. The number of rotatable bonds is 5. The molecule has 1 aliphatic heterocycles. The first-order valence-electron chi connectivity index (χ1n) is 14.4. The monoisotopic (exact) mass is 598 g/mol. The molecular formula is C32H32F2N8O2. The van der Waals surface area contributed by atoms with Gasteiger partial charge in [-0.05, 0) is 44.0 Å². The van der Waals surface area contributed by atoms with Gasteiger partial charge in [0.2, 0.25) is 5.91 Å². The predicted molar refractivity (Wildman–Crippen MR) is 165 cm³/mol. The summed E-state index contributed by atoms with van der Waals surface area (Å²) in [7, 11) is 1.85. The molecule has 1 fully saturated rings. The fraction of sp³-hybridized carbons (Fsp3) is 0.312. The summed E-state index contributed by atoms with van der Waals surface area (Å²) >= 11 is 0. The maximum Gasteiger partial charge on any atom is 0.355 e. The number of pyridine rings is 2. The van der Waals surface area contributed by atoms with Crippen molar-refractivity contribution in [2.24, 2.45) is 7.05 Å². The second kappa shape index (κ2) is 10.9. The molecule has 0 radical (unpaired) electrons. The van der Waals surface area contributed by atoms with E-state index in [1.165, 1.54) is 34.9 Å². The topological polar surface area (TPSA) is 102 Å². The van der Waals surface area contributed by atoms with E-state index < -0.39 is 17.3 Å². The second-order valence-corrected chi connectivity index (χ2v) is 11.4. The highest BCUT2D eigenvalue weighted by molar-refractivity contribution is 5.92. The van der Waals surface area contributed by atoms with Crippen LogP contribution in [0.3, 0.4) is 0 Å². The number of halogens is 2. The molecule has 0 bridgehead atoms. The maximum atomic E-state index is 15.9. The molecule has 5 heterocycles. The Balaban J connectivity index is 1.68. The number of hydrogen-bond donors (Lipinski definition) is 0. The van der Waals surface area contributed by atoms with E-state index in [2.05, 4.69) is 21.5 Å². The van der Waals surface area contributed by atoms with Gasteiger partial charge in [0.1, 0.15) is 28.7 Å². The van der Waals surface area contributed by atoms with Crippen LogP contribution in [0.2, 0.25) is 0 Å². The number of carbonyl (C=O) groups is 1. The van der Waals surface area contributed by atoms with E-state index in [0.29, 0.717) is 47.7 Å². The summed E-state index contributed by atoms with van der Waals surface area (Å²) in [6.07, 6.45) is 2.92. The third-order valence-electron chi connectivity index (χ3n) is 8.17. The fourth-order valence-corrected chi connectivity index (χ4v) is 5.95. The number of hydrogen-bond acceptors (Lipinski definition) is 7. The molecule has 1 atom stereocenters. The Kier molecular flexibility index (Phi) is 7.22. The highest BCUT2D eigenvalue weighted by atomic mass is 19.1. The zero-order valence-electron chi connectivity index (χ0n) is 25.2. The van der Waals surface area contributed by atoms with Crippen LogP contribution in [0.4, 0.5) is 14.6 Å². The summed E-state index contributed by atoms with van der Waals surface area (Å²) in [5, 5.41) is 0.271. The highest BCUT2D eigenvalue weighted by Crippen LogP contribution is 2.35. The first kappa shape index (κ1) is 29.1. The zero-order chi connectivity index (χ0) is 31.4. The molecule has 5 aromatic rings. The van der Waals surface area contributed by atoms with Gasteiger partial charge in [-0.1, -0.05) is 32.6 Å². The molecule has 226 valence electrons. The van der Waals surface area contributed by atoms with Gasteiger partial charge in [0.25, 0.3) is 0 Å². The molecule has 1 aliphatic rings. The lowest BCUT2D eigenvalue weighted by atomic mass is 10.0. The van der Waals surface area contributed by atoms with Crippen LogP contribution in [0.5, 0.6) is 0 Å².